The lowest BCUT2D eigenvalue weighted by Crippen LogP contribution is -2.21. The van der Waals surface area contributed by atoms with Gasteiger partial charge in [-0.25, -0.2) is 0 Å². The van der Waals surface area contributed by atoms with Crippen LogP contribution in [0.1, 0.15) is 21.6 Å². The molecular weight excluding hydrogens is 286 g/mol. The molecule has 0 aliphatic carbocycles. The van der Waals surface area contributed by atoms with Gasteiger partial charge in [-0.1, -0.05) is 17.7 Å². The minimum atomic E-state index is -0.0493. The van der Waals surface area contributed by atoms with Crippen LogP contribution < -0.4 is 5.32 Å². The van der Waals surface area contributed by atoms with E-state index in [9.17, 15) is 4.79 Å². The van der Waals surface area contributed by atoms with Crippen molar-refractivity contribution in [2.24, 2.45) is 0 Å². The highest BCUT2D eigenvalue weighted by Gasteiger charge is 2.10. The van der Waals surface area contributed by atoms with Crippen molar-refractivity contribution in [3.8, 4) is 0 Å². The van der Waals surface area contributed by atoms with Crippen LogP contribution in [-0.2, 0) is 6.54 Å². The molecule has 0 atom stereocenters. The molecule has 0 fully saturated rings. The summed E-state index contributed by atoms with van der Waals surface area (Å²) in [5.74, 6) is -0.0493. The van der Waals surface area contributed by atoms with E-state index < -0.39 is 0 Å². The van der Waals surface area contributed by atoms with Gasteiger partial charge in [0.2, 0.25) is 0 Å². The van der Waals surface area contributed by atoms with Crippen molar-refractivity contribution in [3.63, 3.8) is 0 Å². The third-order valence-corrected chi connectivity index (χ3v) is 3.40. The average Bonchev–Trinajstić information content (AvgIpc) is 2.47. The molecule has 110 valence electrons. The zero-order valence-electron chi connectivity index (χ0n) is 12.4. The second kappa shape index (κ2) is 6.59. The van der Waals surface area contributed by atoms with E-state index in [1.165, 1.54) is 4.90 Å². The molecule has 2 aromatic rings. The number of aromatic nitrogens is 1. The monoisotopic (exact) mass is 303 g/mol. The molecule has 0 spiro atoms. The minimum absolute atomic E-state index is 0.0493. The molecule has 2 rings (SSSR count). The fourth-order valence-electron chi connectivity index (χ4n) is 1.85. The normalized spacial score (nSPS) is 10.3. The molecule has 0 saturated heterocycles. The van der Waals surface area contributed by atoms with Gasteiger partial charge in [0, 0.05) is 38.1 Å². The number of anilines is 1. The molecule has 0 radical (unpaired) electrons. The number of amides is 1. The molecule has 5 heteroatoms. The molecule has 4 nitrogen and oxygen atoms in total. The van der Waals surface area contributed by atoms with Crippen molar-refractivity contribution in [3.05, 3.63) is 58.4 Å². The maximum atomic E-state index is 12.0. The number of carbonyl (C=O) groups excluding carboxylic acids is 1. The zero-order valence-corrected chi connectivity index (χ0v) is 13.1. The van der Waals surface area contributed by atoms with Crippen LogP contribution in [0.4, 0.5) is 5.69 Å². The lowest BCUT2D eigenvalue weighted by molar-refractivity contribution is 0.0827. The van der Waals surface area contributed by atoms with Crippen LogP contribution in [0.15, 0.2) is 36.5 Å². The van der Waals surface area contributed by atoms with Crippen molar-refractivity contribution in [2.45, 2.75) is 13.5 Å². The van der Waals surface area contributed by atoms with Gasteiger partial charge >= 0.3 is 0 Å². The maximum Gasteiger partial charge on any atom is 0.253 e. The van der Waals surface area contributed by atoms with E-state index in [1.54, 1.807) is 32.3 Å². The number of rotatable bonds is 4. The number of halogens is 1. The van der Waals surface area contributed by atoms with E-state index in [2.05, 4.69) is 10.3 Å². The molecular formula is C16H18ClN3O. The van der Waals surface area contributed by atoms with Crippen LogP contribution in [0.5, 0.6) is 0 Å². The Bertz CT molecular complexity index is 638. The fourth-order valence-corrected chi connectivity index (χ4v) is 2.04. The highest BCUT2D eigenvalue weighted by molar-refractivity contribution is 6.33. The first kappa shape index (κ1) is 15.3. The van der Waals surface area contributed by atoms with Gasteiger partial charge < -0.3 is 10.2 Å². The molecule has 0 aliphatic rings. The summed E-state index contributed by atoms with van der Waals surface area (Å²) in [6.45, 7) is 2.55. The molecule has 1 N–H and O–H groups in total. The van der Waals surface area contributed by atoms with Crippen LogP contribution in [0, 0.1) is 6.92 Å². The van der Waals surface area contributed by atoms with Crippen molar-refractivity contribution in [2.75, 3.05) is 19.4 Å². The summed E-state index contributed by atoms with van der Waals surface area (Å²) in [7, 11) is 3.45. The number of pyridine rings is 1. The molecule has 1 aromatic carbocycles. The van der Waals surface area contributed by atoms with Gasteiger partial charge in [0.05, 0.1) is 10.7 Å². The van der Waals surface area contributed by atoms with Gasteiger partial charge in [0.1, 0.15) is 0 Å². The van der Waals surface area contributed by atoms with Crippen molar-refractivity contribution in [1.29, 1.82) is 0 Å². The van der Waals surface area contributed by atoms with Crippen LogP contribution in [0.25, 0.3) is 0 Å². The number of aryl methyl sites for hydroxylation is 1. The molecule has 0 unspecified atom stereocenters. The third kappa shape index (κ3) is 3.95. The second-order valence-electron chi connectivity index (χ2n) is 5.06. The lowest BCUT2D eigenvalue weighted by atomic mass is 10.1. The summed E-state index contributed by atoms with van der Waals surface area (Å²) in [5.41, 5.74) is 3.38. The molecule has 0 aliphatic heterocycles. The summed E-state index contributed by atoms with van der Waals surface area (Å²) in [6.07, 6.45) is 1.82. The Morgan fingerprint density at radius 1 is 1.29 bits per heavy atom. The minimum Gasteiger partial charge on any atom is -0.380 e. The second-order valence-corrected chi connectivity index (χ2v) is 5.46. The number of benzene rings is 1. The maximum absolute atomic E-state index is 12.0. The van der Waals surface area contributed by atoms with Crippen molar-refractivity contribution < 1.29 is 4.79 Å². The van der Waals surface area contributed by atoms with Crippen LogP contribution >= 0.6 is 11.6 Å². The van der Waals surface area contributed by atoms with Crippen molar-refractivity contribution >= 4 is 23.2 Å². The molecule has 1 amide bonds. The number of hydrogen-bond acceptors (Lipinski definition) is 3. The Balaban J connectivity index is 2.14. The predicted molar refractivity (Wildman–Crippen MR) is 85.8 cm³/mol. The lowest BCUT2D eigenvalue weighted by Gasteiger charge is -2.13. The molecule has 21 heavy (non-hydrogen) atoms. The SMILES string of the molecule is Cc1ccc(CNc2cc(C(=O)N(C)C)ccc2Cl)cn1. The van der Waals surface area contributed by atoms with Gasteiger partial charge in [-0.15, -0.1) is 0 Å². The largest absolute Gasteiger partial charge is 0.380 e. The summed E-state index contributed by atoms with van der Waals surface area (Å²) in [6, 6.07) is 9.20. The first-order valence-electron chi connectivity index (χ1n) is 6.64. The predicted octanol–water partition coefficient (Wildman–Crippen LogP) is 3.36. The summed E-state index contributed by atoms with van der Waals surface area (Å²) < 4.78 is 0. The fraction of sp³-hybridized carbons (Fsp3) is 0.250. The first-order valence-corrected chi connectivity index (χ1v) is 7.02. The smallest absolute Gasteiger partial charge is 0.253 e. The Morgan fingerprint density at radius 2 is 2.05 bits per heavy atom. The number of nitrogens with zero attached hydrogens (tertiary/aromatic N) is 2. The van der Waals surface area contributed by atoms with Gasteiger partial charge in [-0.05, 0) is 36.8 Å². The molecule has 1 aromatic heterocycles. The number of nitrogens with one attached hydrogen (secondary N) is 1. The van der Waals surface area contributed by atoms with Crippen LogP contribution in [0.3, 0.4) is 0 Å². The molecule has 1 heterocycles. The summed E-state index contributed by atoms with van der Waals surface area (Å²) in [4.78, 5) is 17.8. The van der Waals surface area contributed by atoms with E-state index in [0.29, 0.717) is 17.1 Å². The summed E-state index contributed by atoms with van der Waals surface area (Å²) in [5, 5.41) is 3.83. The van der Waals surface area contributed by atoms with Crippen molar-refractivity contribution in [1.82, 2.24) is 9.88 Å². The Labute approximate surface area is 129 Å². The van der Waals surface area contributed by atoms with Gasteiger partial charge in [0.15, 0.2) is 0 Å². The van der Waals surface area contributed by atoms with Gasteiger partial charge in [0.25, 0.3) is 5.91 Å². The highest BCUT2D eigenvalue weighted by atomic mass is 35.5. The molecule has 0 saturated carbocycles. The number of carbonyl (C=O) groups is 1. The van der Waals surface area contributed by atoms with Crippen LogP contribution in [-0.4, -0.2) is 29.9 Å². The van der Waals surface area contributed by atoms with Gasteiger partial charge in [-0.2, -0.15) is 0 Å². The Morgan fingerprint density at radius 3 is 2.67 bits per heavy atom. The number of hydrogen-bond donors (Lipinski definition) is 1. The summed E-state index contributed by atoms with van der Waals surface area (Å²) >= 11 is 6.17. The van der Waals surface area contributed by atoms with Crippen LogP contribution in [0.2, 0.25) is 5.02 Å². The topological polar surface area (TPSA) is 45.2 Å². The van der Waals surface area contributed by atoms with E-state index in [1.807, 2.05) is 25.3 Å². The van der Waals surface area contributed by atoms with E-state index in [4.69, 9.17) is 11.6 Å². The Kier molecular flexibility index (Phi) is 4.81. The van der Waals surface area contributed by atoms with E-state index in [0.717, 1.165) is 16.9 Å². The van der Waals surface area contributed by atoms with E-state index in [-0.39, 0.29) is 5.91 Å². The molecule has 0 bridgehead atoms. The van der Waals surface area contributed by atoms with Gasteiger partial charge in [-0.3, -0.25) is 9.78 Å². The first-order chi connectivity index (χ1) is 9.97. The highest BCUT2D eigenvalue weighted by Crippen LogP contribution is 2.24. The van der Waals surface area contributed by atoms with E-state index >= 15 is 0 Å². The average molecular weight is 304 g/mol. The Hall–Kier alpha value is -2.07. The third-order valence-electron chi connectivity index (χ3n) is 3.08. The standard InChI is InChI=1S/C16H18ClN3O/c1-11-4-5-12(9-18-11)10-19-15-8-13(6-7-14(15)17)16(21)20(2)3/h4-9,19H,10H2,1-3H3. The quantitative estimate of drug-likeness (QED) is 0.942. The zero-order chi connectivity index (χ0) is 15.4.